The first-order valence-corrected chi connectivity index (χ1v) is 6.83. The van der Waals surface area contributed by atoms with Gasteiger partial charge in [0, 0.05) is 0 Å². The average Bonchev–Trinajstić information content (AvgIpc) is 2.46. The SMILES string of the molecule is CCOC(=O)C(O)(C#CC1=CCCCC1)C(=O)OCC. The van der Waals surface area contributed by atoms with E-state index in [4.69, 9.17) is 9.47 Å². The Balaban J connectivity index is 2.98. The Morgan fingerprint density at radius 1 is 1.25 bits per heavy atom. The quantitative estimate of drug-likeness (QED) is 0.478. The van der Waals surface area contributed by atoms with Gasteiger partial charge in [-0.25, -0.2) is 9.59 Å². The van der Waals surface area contributed by atoms with Crippen LogP contribution in [-0.2, 0) is 19.1 Å². The third-order valence-electron chi connectivity index (χ3n) is 2.84. The van der Waals surface area contributed by atoms with Gasteiger partial charge >= 0.3 is 17.5 Å². The Labute approximate surface area is 118 Å². The fraction of sp³-hybridized carbons (Fsp3) is 0.600. The minimum Gasteiger partial charge on any atom is -0.463 e. The molecule has 0 bridgehead atoms. The average molecular weight is 280 g/mol. The summed E-state index contributed by atoms with van der Waals surface area (Å²) in [6.07, 6.45) is 5.77. The van der Waals surface area contributed by atoms with E-state index in [1.807, 2.05) is 6.08 Å². The molecule has 1 aliphatic carbocycles. The topological polar surface area (TPSA) is 72.8 Å². The van der Waals surface area contributed by atoms with Crippen LogP contribution in [0.4, 0.5) is 0 Å². The standard InChI is InChI=1S/C15H20O5/c1-3-19-13(16)15(18,14(17)20-4-2)11-10-12-8-6-5-7-9-12/h8,18H,3-7,9H2,1-2H3. The van der Waals surface area contributed by atoms with Crippen molar-refractivity contribution in [3.05, 3.63) is 11.6 Å². The normalized spacial score (nSPS) is 14.7. The van der Waals surface area contributed by atoms with Crippen LogP contribution >= 0.6 is 0 Å². The van der Waals surface area contributed by atoms with Crippen LogP contribution in [0.1, 0.15) is 39.5 Å². The number of rotatable bonds is 4. The van der Waals surface area contributed by atoms with Crippen molar-refractivity contribution >= 4 is 11.9 Å². The number of hydrogen-bond acceptors (Lipinski definition) is 5. The van der Waals surface area contributed by atoms with Crippen LogP contribution in [0.3, 0.4) is 0 Å². The molecule has 0 aromatic carbocycles. The van der Waals surface area contributed by atoms with Crippen molar-refractivity contribution in [1.29, 1.82) is 0 Å². The highest BCUT2D eigenvalue weighted by atomic mass is 16.6. The summed E-state index contributed by atoms with van der Waals surface area (Å²) in [5, 5.41) is 10.2. The summed E-state index contributed by atoms with van der Waals surface area (Å²) in [6.45, 7) is 3.26. The zero-order valence-electron chi connectivity index (χ0n) is 11.9. The maximum Gasteiger partial charge on any atom is 0.363 e. The van der Waals surface area contributed by atoms with Crippen molar-refractivity contribution in [3.8, 4) is 11.8 Å². The lowest BCUT2D eigenvalue weighted by atomic mass is 9.98. The molecule has 0 radical (unpaired) electrons. The minimum atomic E-state index is -2.55. The number of hydrogen-bond donors (Lipinski definition) is 1. The van der Waals surface area contributed by atoms with E-state index in [2.05, 4.69) is 11.8 Å². The molecule has 0 atom stereocenters. The van der Waals surface area contributed by atoms with E-state index in [1.54, 1.807) is 13.8 Å². The summed E-state index contributed by atoms with van der Waals surface area (Å²) in [7, 11) is 0. The van der Waals surface area contributed by atoms with Crippen molar-refractivity contribution < 1.29 is 24.2 Å². The van der Waals surface area contributed by atoms with Gasteiger partial charge in [-0.2, -0.15) is 0 Å². The van der Waals surface area contributed by atoms with Gasteiger partial charge in [0.2, 0.25) is 0 Å². The Morgan fingerprint density at radius 3 is 2.30 bits per heavy atom. The maximum atomic E-state index is 11.8. The summed E-state index contributed by atoms with van der Waals surface area (Å²) in [6, 6.07) is 0. The van der Waals surface area contributed by atoms with Gasteiger partial charge in [0.1, 0.15) is 0 Å². The fourth-order valence-corrected chi connectivity index (χ4v) is 1.78. The third-order valence-corrected chi connectivity index (χ3v) is 2.84. The molecule has 1 aliphatic rings. The first-order valence-electron chi connectivity index (χ1n) is 6.83. The third kappa shape index (κ3) is 4.10. The first-order chi connectivity index (χ1) is 9.54. The number of ether oxygens (including phenoxy) is 2. The molecule has 0 unspecified atom stereocenters. The number of aliphatic hydroxyl groups is 1. The Kier molecular flexibility index (Phi) is 6.26. The molecule has 0 spiro atoms. The molecule has 0 fully saturated rings. The fourth-order valence-electron chi connectivity index (χ4n) is 1.78. The van der Waals surface area contributed by atoms with E-state index in [9.17, 15) is 14.7 Å². The molecule has 0 aromatic rings. The van der Waals surface area contributed by atoms with Crippen LogP contribution in [0.5, 0.6) is 0 Å². The van der Waals surface area contributed by atoms with Gasteiger partial charge in [0.05, 0.1) is 13.2 Å². The molecule has 0 aliphatic heterocycles. The minimum absolute atomic E-state index is 0.0466. The van der Waals surface area contributed by atoms with Gasteiger partial charge in [-0.1, -0.05) is 12.0 Å². The highest BCUT2D eigenvalue weighted by Gasteiger charge is 2.46. The van der Waals surface area contributed by atoms with E-state index in [0.29, 0.717) is 0 Å². The number of carbonyl (C=O) groups excluding carboxylic acids is 2. The van der Waals surface area contributed by atoms with Crippen LogP contribution in [0.15, 0.2) is 11.6 Å². The van der Waals surface area contributed by atoms with Gasteiger partial charge in [0.25, 0.3) is 0 Å². The molecular formula is C15H20O5. The van der Waals surface area contributed by atoms with Crippen LogP contribution in [0.2, 0.25) is 0 Å². The first kappa shape index (κ1) is 16.3. The van der Waals surface area contributed by atoms with E-state index in [-0.39, 0.29) is 13.2 Å². The molecule has 1 rings (SSSR count). The summed E-state index contributed by atoms with van der Waals surface area (Å²) in [4.78, 5) is 23.5. The molecule has 1 N–H and O–H groups in total. The van der Waals surface area contributed by atoms with Gasteiger partial charge in [-0.3, -0.25) is 0 Å². The molecule has 0 amide bonds. The lowest BCUT2D eigenvalue weighted by molar-refractivity contribution is -0.176. The Hall–Kier alpha value is -1.80. The van der Waals surface area contributed by atoms with Crippen molar-refractivity contribution in [3.63, 3.8) is 0 Å². The summed E-state index contributed by atoms with van der Waals surface area (Å²) < 4.78 is 9.41. The lowest BCUT2D eigenvalue weighted by Gasteiger charge is -2.18. The smallest absolute Gasteiger partial charge is 0.363 e. The molecule has 5 nitrogen and oxygen atoms in total. The molecule has 0 heterocycles. The molecule has 0 saturated carbocycles. The summed E-state index contributed by atoms with van der Waals surface area (Å²) >= 11 is 0. The van der Waals surface area contributed by atoms with Crippen molar-refractivity contribution in [1.82, 2.24) is 0 Å². The zero-order valence-corrected chi connectivity index (χ0v) is 11.9. The number of allylic oxidation sites excluding steroid dienone is 2. The van der Waals surface area contributed by atoms with Gasteiger partial charge in [-0.05, 0) is 51.0 Å². The Bertz CT molecular complexity index is 435. The van der Waals surface area contributed by atoms with Gasteiger partial charge in [-0.15, -0.1) is 0 Å². The van der Waals surface area contributed by atoms with Gasteiger partial charge in [0.15, 0.2) is 0 Å². The molecule has 0 aromatic heterocycles. The monoisotopic (exact) mass is 280 g/mol. The Morgan fingerprint density at radius 2 is 1.85 bits per heavy atom. The van der Waals surface area contributed by atoms with E-state index in [0.717, 1.165) is 31.3 Å². The van der Waals surface area contributed by atoms with Crippen molar-refractivity contribution in [2.45, 2.75) is 45.1 Å². The zero-order chi connectivity index (χ0) is 15.0. The van der Waals surface area contributed by atoms with Crippen LogP contribution in [0.25, 0.3) is 0 Å². The largest absolute Gasteiger partial charge is 0.463 e. The molecule has 0 saturated heterocycles. The second-order valence-corrected chi connectivity index (χ2v) is 4.38. The lowest BCUT2D eigenvalue weighted by Crippen LogP contribution is -2.47. The predicted molar refractivity (Wildman–Crippen MR) is 72.5 cm³/mol. The summed E-state index contributed by atoms with van der Waals surface area (Å²) in [5.74, 6) is 2.83. The number of esters is 2. The highest BCUT2D eigenvalue weighted by molar-refractivity contribution is 6.07. The number of carbonyl (C=O) groups is 2. The predicted octanol–water partition coefficient (Wildman–Crippen LogP) is 1.35. The van der Waals surface area contributed by atoms with Crippen LogP contribution in [-0.4, -0.2) is 35.9 Å². The van der Waals surface area contributed by atoms with Gasteiger partial charge < -0.3 is 14.6 Å². The summed E-state index contributed by atoms with van der Waals surface area (Å²) in [5.41, 5.74) is -1.73. The molecule has 5 heteroatoms. The second kappa shape index (κ2) is 7.71. The van der Waals surface area contributed by atoms with Crippen molar-refractivity contribution in [2.75, 3.05) is 13.2 Å². The van der Waals surface area contributed by atoms with E-state index < -0.39 is 17.5 Å². The second-order valence-electron chi connectivity index (χ2n) is 4.38. The van der Waals surface area contributed by atoms with Crippen molar-refractivity contribution in [2.24, 2.45) is 0 Å². The maximum absolute atomic E-state index is 11.8. The van der Waals surface area contributed by atoms with E-state index in [1.165, 1.54) is 0 Å². The highest BCUT2D eigenvalue weighted by Crippen LogP contribution is 2.17. The van der Waals surface area contributed by atoms with Crippen LogP contribution < -0.4 is 0 Å². The van der Waals surface area contributed by atoms with Crippen LogP contribution in [0, 0.1) is 11.8 Å². The molecular weight excluding hydrogens is 260 g/mol. The van der Waals surface area contributed by atoms with E-state index >= 15 is 0 Å². The molecule has 110 valence electrons. The molecule has 20 heavy (non-hydrogen) atoms.